The van der Waals surface area contributed by atoms with E-state index in [9.17, 15) is 4.79 Å². The van der Waals surface area contributed by atoms with Gasteiger partial charge in [0.1, 0.15) is 0 Å². The van der Waals surface area contributed by atoms with Gasteiger partial charge in [-0.1, -0.05) is 48.5 Å². The van der Waals surface area contributed by atoms with Gasteiger partial charge in [0.25, 0.3) is 0 Å². The van der Waals surface area contributed by atoms with E-state index in [1.165, 1.54) is 0 Å². The monoisotopic (exact) mass is 330 g/mol. The number of aromatic nitrogens is 2. The van der Waals surface area contributed by atoms with Crippen molar-refractivity contribution in [1.29, 1.82) is 0 Å². The number of fused-ring (bicyclic) bond motifs is 1. The van der Waals surface area contributed by atoms with Crippen molar-refractivity contribution in [3.63, 3.8) is 0 Å². The summed E-state index contributed by atoms with van der Waals surface area (Å²) < 4.78 is 0. The number of carbonyl (C=O) groups excluding carboxylic acids is 1. The molecule has 4 rings (SSSR count). The summed E-state index contributed by atoms with van der Waals surface area (Å²) in [6.45, 7) is 0. The van der Waals surface area contributed by atoms with Crippen LogP contribution < -0.4 is 10.6 Å². The summed E-state index contributed by atoms with van der Waals surface area (Å²) in [6, 6.07) is 26.4. The minimum Gasteiger partial charge on any atom is -0.345 e. The van der Waals surface area contributed by atoms with Gasteiger partial charge in [-0.25, -0.2) is 9.78 Å². The molecule has 1 heterocycles. The van der Waals surface area contributed by atoms with Crippen LogP contribution in [-0.4, -0.2) is 16.0 Å². The van der Waals surface area contributed by atoms with Crippen LogP contribution in [0.15, 0.2) is 91.3 Å². The van der Waals surface area contributed by atoms with Gasteiger partial charge in [0.05, 0.1) is 17.4 Å². The molecule has 3 aromatic carbocycles. The highest BCUT2D eigenvalue weighted by Gasteiger charge is 2.00. The van der Waals surface area contributed by atoms with Gasteiger partial charge in [-0.2, -0.15) is 0 Å². The van der Waals surface area contributed by atoms with E-state index in [4.69, 9.17) is 0 Å². The Labute approximate surface area is 145 Å². The normalized spacial score (nSPS) is 9.76. The van der Waals surface area contributed by atoms with Crippen LogP contribution in [0.4, 0.5) is 16.2 Å². The van der Waals surface area contributed by atoms with Crippen LogP contribution in [0.2, 0.25) is 0 Å². The smallest absolute Gasteiger partial charge is 0.323 e. The maximum absolute atomic E-state index is 11.6. The van der Waals surface area contributed by atoms with Gasteiger partial charge in [0.2, 0.25) is 0 Å². The predicted molar refractivity (Wildman–Crippen MR) is 102 cm³/mol. The molecule has 0 saturated carbocycles. The molecular weight excluding hydrogens is 312 g/mol. The molecule has 0 spiro atoms. The first-order valence-corrected chi connectivity index (χ1v) is 7.87. The lowest BCUT2D eigenvalue weighted by molar-refractivity contribution is 0.262. The minimum atomic E-state index is -0.239. The summed E-state index contributed by atoms with van der Waals surface area (Å²) in [7, 11) is 0. The van der Waals surface area contributed by atoms with Crippen molar-refractivity contribution >= 4 is 28.4 Å². The highest BCUT2D eigenvalue weighted by molar-refractivity contribution is 5.99. The Balaban J connectivity index is 0.000000170. The van der Waals surface area contributed by atoms with Crippen LogP contribution in [-0.2, 0) is 0 Å². The topological polar surface area (TPSA) is 69.8 Å². The van der Waals surface area contributed by atoms with Crippen LogP contribution in [0.5, 0.6) is 0 Å². The molecule has 0 aliphatic carbocycles. The number of anilines is 2. The van der Waals surface area contributed by atoms with Crippen LogP contribution in [0.1, 0.15) is 0 Å². The number of aromatic amines is 1. The highest BCUT2D eigenvalue weighted by Crippen LogP contribution is 2.08. The quantitative estimate of drug-likeness (QED) is 0.489. The average Bonchev–Trinajstić information content (AvgIpc) is 3.13. The second-order valence-electron chi connectivity index (χ2n) is 5.23. The van der Waals surface area contributed by atoms with E-state index < -0.39 is 0 Å². The number of amides is 2. The van der Waals surface area contributed by atoms with E-state index in [1.807, 2.05) is 84.9 Å². The molecule has 124 valence electrons. The molecule has 0 fully saturated rings. The van der Waals surface area contributed by atoms with Gasteiger partial charge in [0, 0.05) is 11.4 Å². The molecule has 0 aliphatic heterocycles. The number of hydrogen-bond acceptors (Lipinski definition) is 2. The second kappa shape index (κ2) is 8.31. The van der Waals surface area contributed by atoms with E-state index in [0.717, 1.165) is 22.4 Å². The van der Waals surface area contributed by atoms with Gasteiger partial charge < -0.3 is 15.6 Å². The van der Waals surface area contributed by atoms with Crippen LogP contribution in [0.25, 0.3) is 11.0 Å². The van der Waals surface area contributed by atoms with Gasteiger partial charge in [-0.15, -0.1) is 0 Å². The van der Waals surface area contributed by atoms with Crippen molar-refractivity contribution in [3.8, 4) is 0 Å². The Kier molecular flexibility index (Phi) is 5.40. The predicted octanol–water partition coefficient (Wildman–Crippen LogP) is 4.89. The van der Waals surface area contributed by atoms with Crippen molar-refractivity contribution in [3.05, 3.63) is 91.3 Å². The van der Waals surface area contributed by atoms with E-state index in [2.05, 4.69) is 20.6 Å². The van der Waals surface area contributed by atoms with Gasteiger partial charge >= 0.3 is 6.03 Å². The number of H-pyrrole nitrogens is 1. The minimum absolute atomic E-state index is 0.239. The lowest BCUT2D eigenvalue weighted by Crippen LogP contribution is -2.19. The van der Waals surface area contributed by atoms with Gasteiger partial charge in [-0.3, -0.25) is 0 Å². The zero-order valence-corrected chi connectivity index (χ0v) is 13.5. The third-order valence-electron chi connectivity index (χ3n) is 3.39. The van der Waals surface area contributed by atoms with E-state index in [0.29, 0.717) is 0 Å². The molecule has 0 unspecified atom stereocenters. The number of nitrogens with zero attached hydrogens (tertiary/aromatic N) is 1. The zero-order valence-electron chi connectivity index (χ0n) is 13.5. The molecule has 0 atom stereocenters. The Morgan fingerprint density at radius 3 is 1.80 bits per heavy atom. The standard InChI is InChI=1S/C13H12N2O.C7H6N2/c16-13(14-11-7-3-1-4-8-11)15-12-9-5-2-6-10-12;1-2-4-7-6(3-1)8-5-9-7/h1-10H,(H2,14,15,16);1-5H,(H,8,9). The fraction of sp³-hybridized carbons (Fsp3) is 0. The Morgan fingerprint density at radius 2 is 1.24 bits per heavy atom. The summed E-state index contributed by atoms with van der Waals surface area (Å²) in [5, 5.41) is 5.48. The number of hydrogen-bond donors (Lipinski definition) is 3. The molecule has 5 nitrogen and oxygen atoms in total. The fourth-order valence-electron chi connectivity index (χ4n) is 2.22. The van der Waals surface area contributed by atoms with Crippen LogP contribution in [0.3, 0.4) is 0 Å². The lowest BCUT2D eigenvalue weighted by Gasteiger charge is -2.06. The molecule has 1 aromatic heterocycles. The summed E-state index contributed by atoms with van der Waals surface area (Å²) in [4.78, 5) is 18.6. The summed E-state index contributed by atoms with van der Waals surface area (Å²) in [5.41, 5.74) is 3.67. The van der Waals surface area contributed by atoms with E-state index in [1.54, 1.807) is 6.33 Å². The maximum Gasteiger partial charge on any atom is 0.323 e. The number of carbonyl (C=O) groups is 1. The van der Waals surface area contributed by atoms with Crippen molar-refractivity contribution in [2.75, 3.05) is 10.6 Å². The van der Waals surface area contributed by atoms with Gasteiger partial charge in [0.15, 0.2) is 0 Å². The Morgan fingerprint density at radius 1 is 0.720 bits per heavy atom. The number of imidazole rings is 1. The first-order valence-electron chi connectivity index (χ1n) is 7.87. The lowest BCUT2D eigenvalue weighted by atomic mass is 10.3. The Bertz CT molecular complexity index is 846. The molecule has 0 aliphatic rings. The summed E-state index contributed by atoms with van der Waals surface area (Å²) in [5.74, 6) is 0. The average molecular weight is 330 g/mol. The van der Waals surface area contributed by atoms with Crippen LogP contribution in [0, 0.1) is 0 Å². The number of rotatable bonds is 2. The summed E-state index contributed by atoms with van der Waals surface area (Å²) >= 11 is 0. The van der Waals surface area contributed by atoms with Crippen molar-refractivity contribution in [1.82, 2.24) is 9.97 Å². The largest absolute Gasteiger partial charge is 0.345 e. The van der Waals surface area contributed by atoms with Gasteiger partial charge in [-0.05, 0) is 36.4 Å². The SMILES string of the molecule is O=C(Nc1ccccc1)Nc1ccccc1.c1ccc2[nH]cnc2c1. The number of para-hydroxylation sites is 4. The van der Waals surface area contributed by atoms with E-state index >= 15 is 0 Å². The zero-order chi connectivity index (χ0) is 17.3. The molecule has 25 heavy (non-hydrogen) atoms. The Hall–Kier alpha value is -3.60. The molecular formula is C20H18N4O. The molecule has 0 bridgehead atoms. The van der Waals surface area contributed by atoms with Crippen LogP contribution >= 0.6 is 0 Å². The molecule has 5 heteroatoms. The second-order valence-corrected chi connectivity index (χ2v) is 5.23. The molecule has 0 radical (unpaired) electrons. The molecule has 3 N–H and O–H groups in total. The van der Waals surface area contributed by atoms with Crippen molar-refractivity contribution < 1.29 is 4.79 Å². The van der Waals surface area contributed by atoms with Crippen molar-refractivity contribution in [2.24, 2.45) is 0 Å². The summed E-state index contributed by atoms with van der Waals surface area (Å²) in [6.07, 6.45) is 1.70. The third-order valence-corrected chi connectivity index (χ3v) is 3.39. The fourth-order valence-corrected chi connectivity index (χ4v) is 2.22. The molecule has 2 amide bonds. The van der Waals surface area contributed by atoms with E-state index in [-0.39, 0.29) is 6.03 Å². The highest BCUT2D eigenvalue weighted by atomic mass is 16.2. The molecule has 0 saturated heterocycles. The number of urea groups is 1. The van der Waals surface area contributed by atoms with Crippen molar-refractivity contribution in [2.45, 2.75) is 0 Å². The maximum atomic E-state index is 11.6. The first-order chi connectivity index (χ1) is 12.3. The first kappa shape index (κ1) is 16.3. The number of benzene rings is 3. The molecule has 4 aromatic rings. The third kappa shape index (κ3) is 4.94. The number of nitrogens with one attached hydrogen (secondary N) is 3.